The third-order valence-electron chi connectivity index (χ3n) is 4.10. The van der Waals surface area contributed by atoms with Crippen LogP contribution in [0.2, 0.25) is 0 Å². The Balaban J connectivity index is 1.46. The fourth-order valence-corrected chi connectivity index (χ4v) is 3.13. The molecule has 0 bridgehead atoms. The number of fused-ring (bicyclic) bond motifs is 1. The zero-order valence-corrected chi connectivity index (χ0v) is 16.2. The lowest BCUT2D eigenvalue weighted by Gasteiger charge is -2.07. The van der Waals surface area contributed by atoms with Crippen molar-refractivity contribution in [2.45, 2.75) is 13.1 Å². The number of pyridine rings is 1. The molecular formula is C19H15BrN6O2. The minimum Gasteiger partial charge on any atom is -0.308 e. The lowest BCUT2D eigenvalue weighted by atomic mass is 10.2. The highest BCUT2D eigenvalue weighted by molar-refractivity contribution is 9.10. The molecule has 28 heavy (non-hydrogen) atoms. The number of carbonyl (C=O) groups is 1. The van der Waals surface area contributed by atoms with Gasteiger partial charge in [0.15, 0.2) is 5.82 Å². The molecule has 0 unspecified atom stereocenters. The molecule has 9 heteroatoms. The van der Waals surface area contributed by atoms with E-state index in [1.807, 2.05) is 18.2 Å². The number of anilines is 1. The van der Waals surface area contributed by atoms with Crippen molar-refractivity contribution in [1.29, 1.82) is 0 Å². The molecule has 4 aromatic rings. The normalized spacial score (nSPS) is 10.9. The molecule has 8 nitrogen and oxygen atoms in total. The standard InChI is InChI=1S/C19H15BrN6O2/c20-14-1-2-16-15(9-14)19(28)25(12-22-16)11-18(27)23-17-5-8-26(24-17)10-13-3-6-21-7-4-13/h1-9,12H,10-11H2,(H,23,24,27). The van der Waals surface area contributed by atoms with Gasteiger partial charge in [-0.15, -0.1) is 0 Å². The van der Waals surface area contributed by atoms with Crippen molar-refractivity contribution < 1.29 is 4.79 Å². The number of nitrogens with zero attached hydrogens (tertiary/aromatic N) is 5. The Bertz CT molecular complexity index is 1200. The third-order valence-corrected chi connectivity index (χ3v) is 4.60. The zero-order chi connectivity index (χ0) is 19.5. The highest BCUT2D eigenvalue weighted by Gasteiger charge is 2.10. The first-order valence-corrected chi connectivity index (χ1v) is 9.25. The van der Waals surface area contributed by atoms with Crippen LogP contribution in [0.3, 0.4) is 0 Å². The summed E-state index contributed by atoms with van der Waals surface area (Å²) in [5.74, 6) is 0.0657. The van der Waals surface area contributed by atoms with Gasteiger partial charge in [-0.2, -0.15) is 5.10 Å². The number of hydrogen-bond acceptors (Lipinski definition) is 5. The molecule has 1 amide bonds. The van der Waals surface area contributed by atoms with Crippen LogP contribution in [0.5, 0.6) is 0 Å². The van der Waals surface area contributed by atoms with Crippen LogP contribution >= 0.6 is 15.9 Å². The molecule has 0 aliphatic carbocycles. The van der Waals surface area contributed by atoms with Crippen LogP contribution in [0.15, 0.2) is 70.6 Å². The average Bonchev–Trinajstić information content (AvgIpc) is 3.12. The predicted octanol–water partition coefficient (Wildman–Crippen LogP) is 2.44. The summed E-state index contributed by atoms with van der Waals surface area (Å²) >= 11 is 3.34. The first-order valence-electron chi connectivity index (χ1n) is 8.45. The molecule has 4 rings (SSSR count). The molecule has 0 radical (unpaired) electrons. The number of halogens is 1. The Morgan fingerprint density at radius 3 is 2.79 bits per heavy atom. The minimum absolute atomic E-state index is 0.147. The maximum atomic E-state index is 12.6. The number of carbonyl (C=O) groups excluding carboxylic acids is 1. The number of aromatic nitrogens is 5. The summed E-state index contributed by atoms with van der Waals surface area (Å²) in [6.07, 6.45) is 6.59. The highest BCUT2D eigenvalue weighted by Crippen LogP contribution is 2.14. The summed E-state index contributed by atoms with van der Waals surface area (Å²) in [6, 6.07) is 10.8. The lowest BCUT2D eigenvalue weighted by Crippen LogP contribution is -2.28. The molecule has 0 aliphatic heterocycles. The van der Waals surface area contributed by atoms with E-state index < -0.39 is 0 Å². The number of nitrogens with one attached hydrogen (secondary N) is 1. The smallest absolute Gasteiger partial charge is 0.261 e. The van der Waals surface area contributed by atoms with Crippen molar-refractivity contribution in [3.63, 3.8) is 0 Å². The summed E-state index contributed by atoms with van der Waals surface area (Å²) in [6.45, 7) is 0.423. The Morgan fingerprint density at radius 1 is 1.14 bits per heavy atom. The van der Waals surface area contributed by atoms with Gasteiger partial charge >= 0.3 is 0 Å². The largest absolute Gasteiger partial charge is 0.308 e. The van der Waals surface area contributed by atoms with Gasteiger partial charge in [0.05, 0.1) is 23.8 Å². The molecule has 0 saturated carbocycles. The van der Waals surface area contributed by atoms with Crippen LogP contribution in [-0.2, 0) is 17.9 Å². The number of rotatable bonds is 5. The molecule has 1 aromatic carbocycles. The Morgan fingerprint density at radius 2 is 1.96 bits per heavy atom. The first-order chi connectivity index (χ1) is 13.6. The molecule has 1 N–H and O–H groups in total. The van der Waals surface area contributed by atoms with Gasteiger partial charge in [0.2, 0.25) is 5.91 Å². The van der Waals surface area contributed by atoms with Crippen molar-refractivity contribution in [2.24, 2.45) is 0 Å². The van der Waals surface area contributed by atoms with Gasteiger partial charge < -0.3 is 5.32 Å². The van der Waals surface area contributed by atoms with Gasteiger partial charge in [-0.3, -0.25) is 23.8 Å². The van der Waals surface area contributed by atoms with Crippen LogP contribution < -0.4 is 10.9 Å². The topological polar surface area (TPSA) is 94.7 Å². The first kappa shape index (κ1) is 18.1. The molecule has 3 aromatic heterocycles. The highest BCUT2D eigenvalue weighted by atomic mass is 79.9. The summed E-state index contributed by atoms with van der Waals surface area (Å²) < 4.78 is 3.77. The maximum absolute atomic E-state index is 12.6. The minimum atomic E-state index is -0.354. The van der Waals surface area contributed by atoms with E-state index in [2.05, 4.69) is 36.3 Å². The fourth-order valence-electron chi connectivity index (χ4n) is 2.77. The average molecular weight is 439 g/mol. The summed E-state index contributed by atoms with van der Waals surface area (Å²) in [4.78, 5) is 33.1. The van der Waals surface area contributed by atoms with Crippen molar-refractivity contribution in [3.8, 4) is 0 Å². The Hall–Kier alpha value is -3.33. The maximum Gasteiger partial charge on any atom is 0.261 e. The molecule has 3 heterocycles. The van der Waals surface area contributed by atoms with Gasteiger partial charge in [0, 0.05) is 29.1 Å². The van der Waals surface area contributed by atoms with Crippen molar-refractivity contribution in [1.82, 2.24) is 24.3 Å². The van der Waals surface area contributed by atoms with Gasteiger partial charge in [-0.1, -0.05) is 15.9 Å². The van der Waals surface area contributed by atoms with Crippen molar-refractivity contribution in [3.05, 3.63) is 81.7 Å². The van der Waals surface area contributed by atoms with E-state index in [1.54, 1.807) is 41.5 Å². The second-order valence-corrected chi connectivity index (χ2v) is 7.06. The van der Waals surface area contributed by atoms with Gasteiger partial charge in [-0.05, 0) is 35.9 Å². The molecule has 0 fully saturated rings. The van der Waals surface area contributed by atoms with E-state index in [4.69, 9.17) is 0 Å². The second kappa shape index (κ2) is 7.73. The molecule has 0 spiro atoms. The van der Waals surface area contributed by atoms with Crippen LogP contribution in [0, 0.1) is 0 Å². The second-order valence-electron chi connectivity index (χ2n) is 6.14. The number of amides is 1. The molecular weight excluding hydrogens is 424 g/mol. The molecule has 0 atom stereocenters. The Kier molecular flexibility index (Phi) is 4.98. The van der Waals surface area contributed by atoms with Gasteiger partial charge in [0.25, 0.3) is 5.56 Å². The van der Waals surface area contributed by atoms with E-state index in [0.29, 0.717) is 23.3 Å². The van der Waals surface area contributed by atoms with Crippen LogP contribution in [0.4, 0.5) is 5.82 Å². The summed E-state index contributed by atoms with van der Waals surface area (Å²) in [7, 11) is 0. The van der Waals surface area contributed by atoms with E-state index in [-0.39, 0.29) is 18.0 Å². The zero-order valence-electron chi connectivity index (χ0n) is 14.6. The predicted molar refractivity (Wildman–Crippen MR) is 108 cm³/mol. The van der Waals surface area contributed by atoms with E-state index in [9.17, 15) is 9.59 Å². The van der Waals surface area contributed by atoms with Crippen LogP contribution in [0.1, 0.15) is 5.56 Å². The Labute approximate surface area is 168 Å². The quantitative estimate of drug-likeness (QED) is 0.516. The van der Waals surface area contributed by atoms with E-state index in [0.717, 1.165) is 10.0 Å². The monoisotopic (exact) mass is 438 g/mol. The molecule has 0 aliphatic rings. The summed E-state index contributed by atoms with van der Waals surface area (Å²) in [5.41, 5.74) is 1.36. The van der Waals surface area contributed by atoms with Gasteiger partial charge in [0.1, 0.15) is 6.54 Å². The SMILES string of the molecule is O=C(Cn1cnc2ccc(Br)cc2c1=O)Nc1ccn(Cc2ccncc2)n1. The number of hydrogen-bond donors (Lipinski definition) is 1. The third kappa shape index (κ3) is 3.99. The van der Waals surface area contributed by atoms with Crippen molar-refractivity contribution >= 4 is 38.6 Å². The van der Waals surface area contributed by atoms with Gasteiger partial charge in [-0.25, -0.2) is 4.98 Å². The number of benzene rings is 1. The molecule has 140 valence electrons. The lowest BCUT2D eigenvalue weighted by molar-refractivity contribution is -0.116. The van der Waals surface area contributed by atoms with E-state index >= 15 is 0 Å². The van der Waals surface area contributed by atoms with Crippen LogP contribution in [0.25, 0.3) is 10.9 Å². The summed E-state index contributed by atoms with van der Waals surface area (Å²) in [5, 5.41) is 7.48. The molecule has 0 saturated heterocycles. The van der Waals surface area contributed by atoms with Crippen LogP contribution in [-0.4, -0.2) is 30.2 Å². The van der Waals surface area contributed by atoms with Crippen molar-refractivity contribution in [2.75, 3.05) is 5.32 Å². The fraction of sp³-hybridized carbons (Fsp3) is 0.105. The van der Waals surface area contributed by atoms with E-state index in [1.165, 1.54) is 10.9 Å².